The lowest BCUT2D eigenvalue weighted by Crippen LogP contribution is -2.36. The molecule has 1 heterocycles. The molecule has 19 heavy (non-hydrogen) atoms. The van der Waals surface area contributed by atoms with E-state index in [4.69, 9.17) is 23.2 Å². The van der Waals surface area contributed by atoms with E-state index in [1.165, 1.54) is 0 Å². The summed E-state index contributed by atoms with van der Waals surface area (Å²) < 4.78 is 0. The number of hydrazone groups is 1. The molecule has 1 aliphatic heterocycles. The minimum atomic E-state index is -0.462. The van der Waals surface area contributed by atoms with Gasteiger partial charge in [0.25, 0.3) is 0 Å². The fourth-order valence-electron chi connectivity index (χ4n) is 1.95. The van der Waals surface area contributed by atoms with Crippen LogP contribution < -0.4 is 0 Å². The molecule has 1 aromatic rings. The Morgan fingerprint density at radius 2 is 2.00 bits per heavy atom. The number of halogens is 2. The van der Waals surface area contributed by atoms with Crippen molar-refractivity contribution in [3.05, 3.63) is 33.8 Å². The number of benzene rings is 1. The molecule has 102 valence electrons. The number of amides is 1. The van der Waals surface area contributed by atoms with E-state index in [2.05, 4.69) is 5.10 Å². The summed E-state index contributed by atoms with van der Waals surface area (Å²) in [6.07, 6.45) is 2.45. The molecule has 0 spiro atoms. The molecule has 2 rings (SSSR count). The predicted octanol–water partition coefficient (Wildman–Crippen LogP) is 4.30. The van der Waals surface area contributed by atoms with E-state index in [1.807, 2.05) is 26.8 Å². The molecule has 0 bridgehead atoms. The predicted molar refractivity (Wildman–Crippen MR) is 78.6 cm³/mol. The third-order valence-corrected chi connectivity index (χ3v) is 3.75. The molecule has 0 saturated heterocycles. The van der Waals surface area contributed by atoms with E-state index in [-0.39, 0.29) is 11.9 Å². The lowest BCUT2D eigenvalue weighted by molar-refractivity contribution is -0.141. The maximum absolute atomic E-state index is 12.4. The fourth-order valence-corrected chi connectivity index (χ4v) is 2.26. The zero-order valence-corrected chi connectivity index (χ0v) is 12.7. The van der Waals surface area contributed by atoms with Crippen LogP contribution in [0.4, 0.5) is 0 Å². The third-order valence-electron chi connectivity index (χ3n) is 3.01. The Balaban J connectivity index is 2.30. The first-order valence-corrected chi connectivity index (χ1v) is 6.87. The SMILES string of the molecule is CC(C)(C)C(=O)N1N=CC[C@H]1c1ccc(Cl)c(Cl)c1. The quantitative estimate of drug-likeness (QED) is 0.761. The molecule has 0 unspecified atom stereocenters. The molecule has 0 aliphatic carbocycles. The van der Waals surface area contributed by atoms with Gasteiger partial charge in [-0.25, -0.2) is 5.01 Å². The van der Waals surface area contributed by atoms with Crippen molar-refractivity contribution in [1.82, 2.24) is 5.01 Å². The van der Waals surface area contributed by atoms with Crippen LogP contribution in [0.1, 0.15) is 38.8 Å². The van der Waals surface area contributed by atoms with Crippen LogP contribution in [-0.2, 0) is 4.79 Å². The number of carbonyl (C=O) groups excluding carboxylic acids is 1. The van der Waals surface area contributed by atoms with Gasteiger partial charge >= 0.3 is 0 Å². The van der Waals surface area contributed by atoms with Crippen molar-refractivity contribution in [2.45, 2.75) is 33.2 Å². The van der Waals surface area contributed by atoms with Gasteiger partial charge in [0.1, 0.15) is 0 Å². The Labute approximate surface area is 123 Å². The lowest BCUT2D eigenvalue weighted by Gasteiger charge is -2.28. The Bertz CT molecular complexity index is 535. The molecule has 1 aromatic carbocycles. The van der Waals surface area contributed by atoms with Gasteiger partial charge in [0, 0.05) is 18.1 Å². The van der Waals surface area contributed by atoms with E-state index in [1.54, 1.807) is 23.4 Å². The van der Waals surface area contributed by atoms with Crippen LogP contribution in [0.2, 0.25) is 10.0 Å². The topological polar surface area (TPSA) is 32.7 Å². The second-order valence-electron chi connectivity index (χ2n) is 5.62. The summed E-state index contributed by atoms with van der Waals surface area (Å²) in [4.78, 5) is 12.4. The average Bonchev–Trinajstić information content (AvgIpc) is 2.79. The third kappa shape index (κ3) is 2.93. The van der Waals surface area contributed by atoms with Crippen molar-refractivity contribution in [2.24, 2.45) is 10.5 Å². The molecule has 3 nitrogen and oxygen atoms in total. The first-order chi connectivity index (χ1) is 8.80. The summed E-state index contributed by atoms with van der Waals surface area (Å²) in [5.41, 5.74) is 0.486. The van der Waals surface area contributed by atoms with Crippen LogP contribution in [-0.4, -0.2) is 17.1 Å². The zero-order chi connectivity index (χ0) is 14.2. The van der Waals surface area contributed by atoms with Crippen LogP contribution in [0.5, 0.6) is 0 Å². The van der Waals surface area contributed by atoms with E-state index in [0.29, 0.717) is 16.5 Å². The van der Waals surface area contributed by atoms with Crippen molar-refractivity contribution >= 4 is 35.3 Å². The minimum Gasteiger partial charge on any atom is -0.272 e. The van der Waals surface area contributed by atoms with Gasteiger partial charge in [0.15, 0.2) is 0 Å². The molecule has 0 fully saturated rings. The van der Waals surface area contributed by atoms with Gasteiger partial charge in [0.2, 0.25) is 5.91 Å². The zero-order valence-electron chi connectivity index (χ0n) is 11.2. The molecule has 5 heteroatoms. The number of nitrogens with zero attached hydrogens (tertiary/aromatic N) is 2. The van der Waals surface area contributed by atoms with Gasteiger partial charge in [-0.2, -0.15) is 5.10 Å². The highest BCUT2D eigenvalue weighted by Crippen LogP contribution is 2.34. The van der Waals surface area contributed by atoms with Gasteiger partial charge in [-0.3, -0.25) is 4.79 Å². The second-order valence-corrected chi connectivity index (χ2v) is 6.44. The van der Waals surface area contributed by atoms with E-state index in [0.717, 1.165) is 5.56 Å². The maximum atomic E-state index is 12.4. The van der Waals surface area contributed by atoms with Gasteiger partial charge in [0.05, 0.1) is 16.1 Å². The Morgan fingerprint density at radius 1 is 1.32 bits per heavy atom. The van der Waals surface area contributed by atoms with Crippen LogP contribution in [0.25, 0.3) is 0 Å². The molecule has 0 radical (unpaired) electrons. The smallest absolute Gasteiger partial charge is 0.248 e. The molecular formula is C14H16Cl2N2O. The summed E-state index contributed by atoms with van der Waals surface area (Å²) in [5, 5.41) is 6.74. The highest BCUT2D eigenvalue weighted by Gasteiger charge is 2.34. The van der Waals surface area contributed by atoms with E-state index in [9.17, 15) is 4.79 Å². The fraction of sp³-hybridized carbons (Fsp3) is 0.429. The summed E-state index contributed by atoms with van der Waals surface area (Å²) in [5.74, 6) is -0.00248. The van der Waals surface area contributed by atoms with E-state index >= 15 is 0 Å². The van der Waals surface area contributed by atoms with Crippen molar-refractivity contribution < 1.29 is 4.79 Å². The highest BCUT2D eigenvalue weighted by molar-refractivity contribution is 6.42. The van der Waals surface area contributed by atoms with Gasteiger partial charge in [-0.05, 0) is 17.7 Å². The molecule has 0 aromatic heterocycles. The Morgan fingerprint density at radius 3 is 2.58 bits per heavy atom. The summed E-state index contributed by atoms with van der Waals surface area (Å²) in [7, 11) is 0. The lowest BCUT2D eigenvalue weighted by atomic mass is 9.94. The standard InChI is InChI=1S/C14H16Cl2N2O/c1-14(2,3)13(19)18-12(6-7-17-18)9-4-5-10(15)11(16)8-9/h4-5,7-8,12H,6H2,1-3H3/t12-/m0/s1. The normalized spacial score (nSPS) is 19.0. The van der Waals surface area contributed by atoms with Crippen molar-refractivity contribution in [3.8, 4) is 0 Å². The van der Waals surface area contributed by atoms with Gasteiger partial charge < -0.3 is 0 Å². The van der Waals surface area contributed by atoms with E-state index < -0.39 is 5.41 Å². The first-order valence-electron chi connectivity index (χ1n) is 6.12. The largest absolute Gasteiger partial charge is 0.272 e. The molecular weight excluding hydrogens is 283 g/mol. The van der Waals surface area contributed by atoms with Crippen LogP contribution in [0.15, 0.2) is 23.3 Å². The summed E-state index contributed by atoms with van der Waals surface area (Å²) in [6, 6.07) is 5.33. The summed E-state index contributed by atoms with van der Waals surface area (Å²) in [6.45, 7) is 5.65. The minimum absolute atomic E-state index is 0.00248. The number of hydrogen-bond donors (Lipinski definition) is 0. The molecule has 1 aliphatic rings. The van der Waals surface area contributed by atoms with Gasteiger partial charge in [-0.15, -0.1) is 0 Å². The van der Waals surface area contributed by atoms with Crippen molar-refractivity contribution in [3.63, 3.8) is 0 Å². The van der Waals surface area contributed by atoms with Crippen LogP contribution >= 0.6 is 23.2 Å². The molecule has 1 amide bonds. The van der Waals surface area contributed by atoms with Crippen LogP contribution in [0, 0.1) is 5.41 Å². The Hall–Kier alpha value is -1.06. The molecule has 1 atom stereocenters. The summed E-state index contributed by atoms with van der Waals surface area (Å²) >= 11 is 11.9. The number of rotatable bonds is 1. The number of hydrogen-bond acceptors (Lipinski definition) is 2. The van der Waals surface area contributed by atoms with Gasteiger partial charge in [-0.1, -0.05) is 50.0 Å². The Kier molecular flexibility index (Phi) is 3.88. The highest BCUT2D eigenvalue weighted by atomic mass is 35.5. The monoisotopic (exact) mass is 298 g/mol. The average molecular weight is 299 g/mol. The second kappa shape index (κ2) is 5.14. The maximum Gasteiger partial charge on any atom is 0.248 e. The molecule has 0 N–H and O–H groups in total. The van der Waals surface area contributed by atoms with Crippen molar-refractivity contribution in [1.29, 1.82) is 0 Å². The number of carbonyl (C=O) groups is 1. The van der Waals surface area contributed by atoms with Crippen LogP contribution in [0.3, 0.4) is 0 Å². The molecule has 0 saturated carbocycles. The first kappa shape index (κ1) is 14.4. The van der Waals surface area contributed by atoms with Crippen molar-refractivity contribution in [2.75, 3.05) is 0 Å².